The van der Waals surface area contributed by atoms with Gasteiger partial charge in [-0.05, 0) is 72.1 Å². The molecule has 0 bridgehead atoms. The summed E-state index contributed by atoms with van der Waals surface area (Å²) in [4.78, 5) is 27.4. The molecule has 0 aliphatic rings. The number of carbonyl (C=O) groups is 2. The van der Waals surface area contributed by atoms with E-state index in [-0.39, 0.29) is 5.91 Å². The predicted octanol–water partition coefficient (Wildman–Crippen LogP) is 6.45. The second-order valence-electron chi connectivity index (χ2n) is 8.00. The summed E-state index contributed by atoms with van der Waals surface area (Å²) < 4.78 is 46.9. The quantitative estimate of drug-likeness (QED) is 0.292. The molecule has 192 valence electrons. The highest BCUT2D eigenvalue weighted by Gasteiger charge is 2.39. The van der Waals surface area contributed by atoms with Gasteiger partial charge in [-0.15, -0.1) is 11.3 Å². The number of hydrogen-bond donors (Lipinski definition) is 1. The molecule has 0 fully saturated rings. The molecule has 0 saturated carbocycles. The second kappa shape index (κ2) is 12.1. The Bertz CT molecular complexity index is 1340. The standard InChI is InChI=1S/C25H26ClF2N2O4PS/c1-4-30(5-2)23(31)14-34-35(3,33)24(19-15-36-22-9-7-17(26)13-18(19)22)25(32)29-11-10-16-6-8-20(27)21(28)12-16/h6-13,15,24H,4-5,14H2,1-3H3,(H,29,32)/b11-10+. The summed E-state index contributed by atoms with van der Waals surface area (Å²) in [7, 11) is -3.75. The molecule has 3 rings (SSSR count). The lowest BCUT2D eigenvalue weighted by molar-refractivity contribution is -0.133. The van der Waals surface area contributed by atoms with Crippen molar-refractivity contribution in [3.05, 3.63) is 75.8 Å². The van der Waals surface area contributed by atoms with Crippen molar-refractivity contribution in [2.24, 2.45) is 0 Å². The molecule has 36 heavy (non-hydrogen) atoms. The summed E-state index contributed by atoms with van der Waals surface area (Å²) in [6.45, 7) is 5.47. The molecule has 6 nitrogen and oxygen atoms in total. The van der Waals surface area contributed by atoms with Crippen molar-refractivity contribution >= 4 is 58.3 Å². The number of likely N-dealkylation sites (N-methyl/N-ethyl adjacent to an activating group) is 1. The summed E-state index contributed by atoms with van der Waals surface area (Å²) in [5, 5.41) is 5.38. The van der Waals surface area contributed by atoms with Crippen molar-refractivity contribution in [1.29, 1.82) is 0 Å². The minimum atomic E-state index is -3.75. The van der Waals surface area contributed by atoms with Gasteiger partial charge in [-0.3, -0.25) is 14.2 Å². The van der Waals surface area contributed by atoms with Crippen LogP contribution in [0.1, 0.15) is 30.6 Å². The van der Waals surface area contributed by atoms with E-state index in [9.17, 15) is 22.9 Å². The number of nitrogens with zero attached hydrogens (tertiary/aromatic N) is 1. The van der Waals surface area contributed by atoms with E-state index in [2.05, 4.69) is 5.32 Å². The van der Waals surface area contributed by atoms with Gasteiger partial charge in [-0.2, -0.15) is 0 Å². The number of benzene rings is 2. The number of nitrogens with one attached hydrogen (secondary N) is 1. The third-order valence-corrected chi connectivity index (χ3v) is 8.89. The number of amides is 2. The van der Waals surface area contributed by atoms with Crippen LogP contribution in [-0.2, 0) is 18.7 Å². The van der Waals surface area contributed by atoms with Crippen LogP contribution in [0.3, 0.4) is 0 Å². The van der Waals surface area contributed by atoms with Gasteiger partial charge in [0.2, 0.25) is 19.2 Å². The summed E-state index contributed by atoms with van der Waals surface area (Å²) in [5.74, 6) is -2.98. The molecule has 2 aromatic carbocycles. The molecule has 2 atom stereocenters. The molecule has 0 aliphatic carbocycles. The zero-order valence-corrected chi connectivity index (χ0v) is 22.4. The zero-order chi connectivity index (χ0) is 26.5. The summed E-state index contributed by atoms with van der Waals surface area (Å²) in [5.41, 5.74) is -0.472. The lowest BCUT2D eigenvalue weighted by Crippen LogP contribution is -2.34. The van der Waals surface area contributed by atoms with Gasteiger partial charge in [-0.25, -0.2) is 8.78 Å². The van der Waals surface area contributed by atoms with Gasteiger partial charge in [0.05, 0.1) is 0 Å². The van der Waals surface area contributed by atoms with E-state index in [1.807, 2.05) is 13.8 Å². The molecule has 2 unspecified atom stereocenters. The lowest BCUT2D eigenvalue weighted by Gasteiger charge is -2.25. The minimum Gasteiger partial charge on any atom is -0.341 e. The highest BCUT2D eigenvalue weighted by atomic mass is 35.5. The fourth-order valence-electron chi connectivity index (χ4n) is 3.68. The van der Waals surface area contributed by atoms with Crippen LogP contribution in [0.2, 0.25) is 5.02 Å². The topological polar surface area (TPSA) is 75.7 Å². The molecule has 3 aromatic rings. The van der Waals surface area contributed by atoms with Crippen molar-refractivity contribution in [2.45, 2.75) is 19.5 Å². The average molecular weight is 555 g/mol. The Morgan fingerprint density at radius 2 is 1.89 bits per heavy atom. The van der Waals surface area contributed by atoms with E-state index < -0.39 is 37.2 Å². The molecule has 1 heterocycles. The molecule has 11 heteroatoms. The van der Waals surface area contributed by atoms with Crippen LogP contribution < -0.4 is 5.32 Å². The Morgan fingerprint density at radius 1 is 1.17 bits per heavy atom. The summed E-state index contributed by atoms with van der Waals surface area (Å²) in [6, 6.07) is 8.50. The van der Waals surface area contributed by atoms with Crippen LogP contribution in [0.25, 0.3) is 16.2 Å². The van der Waals surface area contributed by atoms with Crippen molar-refractivity contribution in [3.63, 3.8) is 0 Å². The van der Waals surface area contributed by atoms with E-state index >= 15 is 0 Å². The second-order valence-corrected chi connectivity index (χ2v) is 11.9. The van der Waals surface area contributed by atoms with Gasteiger partial charge in [0.15, 0.2) is 11.6 Å². The number of thiophene rings is 1. The molecule has 2 amide bonds. The number of halogens is 3. The molecule has 0 radical (unpaired) electrons. The first-order valence-corrected chi connectivity index (χ1v) is 14.5. The number of rotatable bonds is 10. The maximum atomic E-state index is 13.8. The normalized spacial score (nSPS) is 14.1. The van der Waals surface area contributed by atoms with Crippen LogP contribution in [0, 0.1) is 11.6 Å². The molecule has 0 saturated heterocycles. The molecular formula is C25H26ClF2N2O4PS. The highest BCUT2D eigenvalue weighted by Crippen LogP contribution is 2.59. The monoisotopic (exact) mass is 554 g/mol. The molecule has 0 spiro atoms. The van der Waals surface area contributed by atoms with Crippen molar-refractivity contribution in [2.75, 3.05) is 26.4 Å². The van der Waals surface area contributed by atoms with Gasteiger partial charge in [0.25, 0.3) is 0 Å². The summed E-state index contributed by atoms with van der Waals surface area (Å²) in [6.07, 6.45) is 2.63. The number of carbonyl (C=O) groups excluding carboxylic acids is 2. The Hall–Kier alpha value is -2.58. The van der Waals surface area contributed by atoms with Gasteiger partial charge < -0.3 is 14.7 Å². The van der Waals surface area contributed by atoms with E-state index in [0.717, 1.165) is 16.8 Å². The Morgan fingerprint density at radius 3 is 2.56 bits per heavy atom. The third-order valence-electron chi connectivity index (χ3n) is 5.58. The zero-order valence-electron chi connectivity index (χ0n) is 20.0. The van der Waals surface area contributed by atoms with Gasteiger partial charge >= 0.3 is 0 Å². The number of hydrogen-bond acceptors (Lipinski definition) is 5. The molecular weight excluding hydrogens is 529 g/mol. The Balaban J connectivity index is 1.91. The third kappa shape index (κ3) is 6.59. The maximum Gasteiger partial charge on any atom is 0.249 e. The molecule has 0 aliphatic heterocycles. The molecule has 1 N–H and O–H groups in total. The fraction of sp³-hybridized carbons (Fsp3) is 0.280. The Labute approximate surface area is 217 Å². The van der Waals surface area contributed by atoms with E-state index in [1.165, 1.54) is 36.3 Å². The van der Waals surface area contributed by atoms with Crippen LogP contribution >= 0.6 is 30.3 Å². The van der Waals surface area contributed by atoms with Crippen LogP contribution in [-0.4, -0.2) is 43.1 Å². The largest absolute Gasteiger partial charge is 0.341 e. The SMILES string of the molecule is CCN(CC)C(=O)COP(C)(=O)C(C(=O)N/C=C/c1ccc(F)c(F)c1)c1csc2ccc(Cl)cc12. The number of fused-ring (bicyclic) bond motifs is 1. The first-order chi connectivity index (χ1) is 17.1. The van der Waals surface area contributed by atoms with Crippen LogP contribution in [0.15, 0.2) is 48.0 Å². The Kier molecular flexibility index (Phi) is 9.41. The van der Waals surface area contributed by atoms with Crippen LogP contribution in [0.4, 0.5) is 8.78 Å². The van der Waals surface area contributed by atoms with Gasteiger partial charge in [0, 0.05) is 35.7 Å². The van der Waals surface area contributed by atoms with E-state index in [4.69, 9.17) is 16.1 Å². The smallest absolute Gasteiger partial charge is 0.249 e. The van der Waals surface area contributed by atoms with E-state index in [0.29, 0.717) is 34.6 Å². The first-order valence-electron chi connectivity index (χ1n) is 11.2. The summed E-state index contributed by atoms with van der Waals surface area (Å²) >= 11 is 7.53. The van der Waals surface area contributed by atoms with E-state index in [1.54, 1.807) is 28.5 Å². The minimum absolute atomic E-state index is 0.319. The lowest BCUT2D eigenvalue weighted by atomic mass is 10.1. The van der Waals surface area contributed by atoms with Crippen LogP contribution in [0.5, 0.6) is 0 Å². The van der Waals surface area contributed by atoms with Crippen molar-refractivity contribution in [3.8, 4) is 0 Å². The van der Waals surface area contributed by atoms with Gasteiger partial charge in [-0.1, -0.05) is 17.7 Å². The van der Waals surface area contributed by atoms with Crippen molar-refractivity contribution in [1.82, 2.24) is 10.2 Å². The average Bonchev–Trinajstić information content (AvgIpc) is 3.23. The fourth-order valence-corrected chi connectivity index (χ4v) is 6.66. The molecule has 1 aromatic heterocycles. The first kappa shape index (κ1) is 28.0. The predicted molar refractivity (Wildman–Crippen MR) is 141 cm³/mol. The van der Waals surface area contributed by atoms with Crippen molar-refractivity contribution < 1.29 is 27.5 Å². The van der Waals surface area contributed by atoms with Gasteiger partial charge in [0.1, 0.15) is 12.3 Å². The highest BCUT2D eigenvalue weighted by molar-refractivity contribution is 7.59. The maximum absolute atomic E-state index is 13.8.